The number of nitro groups is 1. The lowest BCUT2D eigenvalue weighted by Gasteiger charge is -2.39. The Bertz CT molecular complexity index is 905. The van der Waals surface area contributed by atoms with E-state index >= 15 is 0 Å². The number of nitrogens with zero attached hydrogens (tertiary/aromatic N) is 3. The molecular formula is C20H23ClN4O3. The van der Waals surface area contributed by atoms with Gasteiger partial charge in [0.1, 0.15) is 16.7 Å². The normalized spacial score (nSPS) is 25.9. The molecule has 2 fully saturated rings. The fourth-order valence-corrected chi connectivity index (χ4v) is 5.07. The number of hydrogen-bond acceptors (Lipinski definition) is 5. The van der Waals surface area contributed by atoms with Gasteiger partial charge in [-0.15, -0.1) is 0 Å². The predicted molar refractivity (Wildman–Crippen MR) is 107 cm³/mol. The summed E-state index contributed by atoms with van der Waals surface area (Å²) in [6.07, 6.45) is 4.82. The van der Waals surface area contributed by atoms with Crippen molar-refractivity contribution in [3.63, 3.8) is 0 Å². The molecule has 0 aromatic heterocycles. The number of benzene rings is 1. The fourth-order valence-electron chi connectivity index (χ4n) is 4.89. The molecule has 7 nitrogen and oxygen atoms in total. The summed E-state index contributed by atoms with van der Waals surface area (Å²) in [5, 5.41) is 23.0. The highest BCUT2D eigenvalue weighted by Gasteiger charge is 2.48. The summed E-state index contributed by atoms with van der Waals surface area (Å²) in [5.41, 5.74) is 0.307. The zero-order valence-corrected chi connectivity index (χ0v) is 16.9. The molecule has 1 saturated carbocycles. The van der Waals surface area contributed by atoms with Crippen LogP contribution in [0.2, 0.25) is 5.02 Å². The van der Waals surface area contributed by atoms with Crippen LogP contribution in [0, 0.1) is 32.3 Å². The van der Waals surface area contributed by atoms with Crippen LogP contribution in [0.15, 0.2) is 30.0 Å². The van der Waals surface area contributed by atoms with Crippen molar-refractivity contribution in [1.82, 2.24) is 4.90 Å². The summed E-state index contributed by atoms with van der Waals surface area (Å²) in [7, 11) is 0. The number of nitrogens with one attached hydrogen (secondary N) is 1. The topological polar surface area (TPSA) is 99.3 Å². The van der Waals surface area contributed by atoms with Crippen LogP contribution in [-0.4, -0.2) is 28.3 Å². The van der Waals surface area contributed by atoms with Crippen LogP contribution in [0.25, 0.3) is 0 Å². The van der Waals surface area contributed by atoms with Crippen LogP contribution >= 0.6 is 11.6 Å². The molecule has 0 radical (unpaired) electrons. The number of likely N-dealkylation sites (tertiary alicyclic amines) is 1. The maximum Gasteiger partial charge on any atom is 0.289 e. The Balaban J connectivity index is 1.79. The Morgan fingerprint density at radius 2 is 2.14 bits per heavy atom. The monoisotopic (exact) mass is 402 g/mol. The van der Waals surface area contributed by atoms with Gasteiger partial charge in [-0.1, -0.05) is 32.4 Å². The number of anilines is 1. The van der Waals surface area contributed by atoms with Crippen LogP contribution in [0.1, 0.15) is 40.0 Å². The first-order valence-corrected chi connectivity index (χ1v) is 9.53. The van der Waals surface area contributed by atoms with Crippen LogP contribution in [0.3, 0.4) is 0 Å². The lowest BCUT2D eigenvalue weighted by Crippen LogP contribution is -2.33. The zero-order valence-electron chi connectivity index (χ0n) is 16.2. The fraction of sp³-hybridized carbons (Fsp3) is 0.500. The van der Waals surface area contributed by atoms with Crippen LogP contribution in [-0.2, 0) is 4.79 Å². The molecule has 148 valence electrons. The van der Waals surface area contributed by atoms with Crippen molar-refractivity contribution in [1.29, 1.82) is 5.26 Å². The second kappa shape index (κ2) is 7.10. The van der Waals surface area contributed by atoms with Gasteiger partial charge in [0.2, 0.25) is 0 Å². The Hall–Kier alpha value is -2.59. The summed E-state index contributed by atoms with van der Waals surface area (Å²) >= 11 is 5.79. The summed E-state index contributed by atoms with van der Waals surface area (Å²) < 4.78 is 0. The Kier molecular flexibility index (Phi) is 5.11. The molecule has 2 bridgehead atoms. The summed E-state index contributed by atoms with van der Waals surface area (Å²) in [5.74, 6) is -0.593. The highest BCUT2D eigenvalue weighted by atomic mass is 35.5. The van der Waals surface area contributed by atoms with E-state index in [1.165, 1.54) is 18.2 Å². The number of rotatable bonds is 4. The molecule has 1 aliphatic heterocycles. The Labute approximate surface area is 169 Å². The number of fused-ring (bicyclic) bond motifs is 2. The van der Waals surface area contributed by atoms with Crippen molar-refractivity contribution in [3.8, 4) is 6.07 Å². The number of nitriles is 1. The summed E-state index contributed by atoms with van der Waals surface area (Å²) in [4.78, 5) is 25.1. The van der Waals surface area contributed by atoms with Crippen molar-refractivity contribution in [2.24, 2.45) is 10.8 Å². The van der Waals surface area contributed by atoms with Crippen LogP contribution < -0.4 is 5.32 Å². The zero-order chi connectivity index (χ0) is 20.7. The lowest BCUT2D eigenvalue weighted by atomic mass is 9.65. The third-order valence-corrected chi connectivity index (χ3v) is 5.84. The van der Waals surface area contributed by atoms with Gasteiger partial charge in [-0.05, 0) is 42.2 Å². The third-order valence-electron chi connectivity index (χ3n) is 5.52. The number of halogens is 1. The molecule has 1 N–H and O–H groups in total. The maximum absolute atomic E-state index is 12.6. The summed E-state index contributed by atoms with van der Waals surface area (Å²) in [6.45, 7) is 7.59. The number of hydrogen-bond donors (Lipinski definition) is 1. The molecule has 1 aliphatic carbocycles. The van der Waals surface area contributed by atoms with E-state index in [1.54, 1.807) is 6.20 Å². The minimum absolute atomic E-state index is 0.0146. The number of carbonyl (C=O) groups excluding carboxylic acids is 1. The molecule has 1 saturated heterocycles. The molecule has 1 aromatic rings. The van der Waals surface area contributed by atoms with Crippen molar-refractivity contribution in [2.45, 2.75) is 46.1 Å². The third kappa shape index (κ3) is 4.12. The van der Waals surface area contributed by atoms with E-state index in [1.807, 2.05) is 6.07 Å². The summed E-state index contributed by atoms with van der Waals surface area (Å²) in [6, 6.07) is 6.26. The smallest absolute Gasteiger partial charge is 0.289 e. The highest BCUT2D eigenvalue weighted by Crippen LogP contribution is 2.52. The van der Waals surface area contributed by atoms with Gasteiger partial charge in [-0.25, -0.2) is 0 Å². The van der Waals surface area contributed by atoms with Crippen LogP contribution in [0.4, 0.5) is 11.4 Å². The van der Waals surface area contributed by atoms with E-state index < -0.39 is 10.8 Å². The van der Waals surface area contributed by atoms with Crippen molar-refractivity contribution in [3.05, 3.63) is 45.1 Å². The molecule has 8 heteroatoms. The lowest BCUT2D eigenvalue weighted by molar-refractivity contribution is -0.384. The minimum Gasteiger partial charge on any atom is -0.373 e. The number of amides is 1. The van der Waals surface area contributed by atoms with Gasteiger partial charge in [0.25, 0.3) is 11.6 Å². The molecule has 2 aliphatic rings. The van der Waals surface area contributed by atoms with Gasteiger partial charge in [0.15, 0.2) is 0 Å². The van der Waals surface area contributed by atoms with E-state index in [2.05, 4.69) is 31.0 Å². The minimum atomic E-state index is -0.619. The molecule has 3 rings (SSSR count). The Morgan fingerprint density at radius 3 is 2.79 bits per heavy atom. The van der Waals surface area contributed by atoms with Gasteiger partial charge in [-0.3, -0.25) is 14.9 Å². The molecule has 2 atom stereocenters. The average molecular weight is 403 g/mol. The number of nitro benzene ring substituents is 1. The molecule has 0 spiro atoms. The molecule has 1 amide bonds. The van der Waals surface area contributed by atoms with Crippen molar-refractivity contribution in [2.75, 3.05) is 11.9 Å². The quantitative estimate of drug-likeness (QED) is 0.346. The maximum atomic E-state index is 12.6. The largest absolute Gasteiger partial charge is 0.373 e. The molecular weight excluding hydrogens is 380 g/mol. The van der Waals surface area contributed by atoms with E-state index in [9.17, 15) is 20.2 Å². The van der Waals surface area contributed by atoms with Crippen LogP contribution in [0.5, 0.6) is 0 Å². The van der Waals surface area contributed by atoms with Gasteiger partial charge in [0, 0.05) is 30.5 Å². The first-order valence-electron chi connectivity index (χ1n) is 9.15. The SMILES string of the molecule is CC1(C)CC2CC(C)(CN2/C=C(/C#N)C(=O)Nc2ccc(Cl)c([N+](=O)[O-])c2)C1. The standard InChI is InChI=1S/C20H23ClN4O3/c1-19(2)7-15-8-20(3,11-19)12-24(15)10-13(9-22)18(26)23-14-4-5-16(21)17(6-14)25(27)28/h4-6,10,15H,7-8,11-12H2,1-3H3,(H,23,26)/b13-10-. The molecule has 2 unspecified atom stereocenters. The second-order valence-electron chi connectivity index (χ2n) is 8.92. The van der Waals surface area contributed by atoms with E-state index in [-0.39, 0.29) is 32.8 Å². The Morgan fingerprint density at radius 1 is 1.43 bits per heavy atom. The first kappa shape index (κ1) is 20.2. The van der Waals surface area contributed by atoms with Gasteiger partial charge in [0.05, 0.1) is 4.92 Å². The highest BCUT2D eigenvalue weighted by molar-refractivity contribution is 6.32. The van der Waals surface area contributed by atoms with E-state index in [0.29, 0.717) is 6.04 Å². The predicted octanol–water partition coefficient (Wildman–Crippen LogP) is 4.49. The second-order valence-corrected chi connectivity index (χ2v) is 9.33. The molecule has 1 aromatic carbocycles. The first-order chi connectivity index (χ1) is 13.0. The van der Waals surface area contributed by atoms with Crippen molar-refractivity contribution < 1.29 is 9.72 Å². The van der Waals surface area contributed by atoms with E-state index in [0.717, 1.165) is 25.8 Å². The molecule has 1 heterocycles. The number of carbonyl (C=O) groups is 1. The van der Waals surface area contributed by atoms with E-state index in [4.69, 9.17) is 11.6 Å². The van der Waals surface area contributed by atoms with Gasteiger partial charge < -0.3 is 10.2 Å². The van der Waals surface area contributed by atoms with Gasteiger partial charge >= 0.3 is 0 Å². The van der Waals surface area contributed by atoms with Gasteiger partial charge in [-0.2, -0.15) is 5.26 Å². The average Bonchev–Trinajstić information content (AvgIpc) is 2.81. The molecule has 28 heavy (non-hydrogen) atoms. The van der Waals surface area contributed by atoms with Crippen molar-refractivity contribution >= 4 is 28.9 Å².